The molecule has 16 heavy (non-hydrogen) atoms. The Morgan fingerprint density at radius 1 is 1.44 bits per heavy atom. The maximum Gasteiger partial charge on any atom is 0.306 e. The molecule has 1 saturated carbocycles. The van der Waals surface area contributed by atoms with Crippen LogP contribution in [0, 0.1) is 17.7 Å². The quantitative estimate of drug-likeness (QED) is 0.797. The number of hydrogen-bond acceptors (Lipinski definition) is 2. The van der Waals surface area contributed by atoms with E-state index in [1.165, 1.54) is 12.1 Å². The Hall–Kier alpha value is -1.42. The third-order valence-corrected chi connectivity index (χ3v) is 2.89. The van der Waals surface area contributed by atoms with Gasteiger partial charge in [0.05, 0.1) is 5.92 Å². The Kier molecular flexibility index (Phi) is 3.19. The molecule has 0 bridgehead atoms. The lowest BCUT2D eigenvalue weighted by Gasteiger charge is -2.03. The zero-order chi connectivity index (χ0) is 11.5. The number of benzene rings is 1. The van der Waals surface area contributed by atoms with Crippen LogP contribution < -0.4 is 5.32 Å². The van der Waals surface area contributed by atoms with Gasteiger partial charge in [0.2, 0.25) is 0 Å². The maximum atomic E-state index is 12.6. The van der Waals surface area contributed by atoms with Gasteiger partial charge in [-0.2, -0.15) is 0 Å². The van der Waals surface area contributed by atoms with Crippen molar-refractivity contribution in [3.63, 3.8) is 0 Å². The Morgan fingerprint density at radius 2 is 2.12 bits per heavy atom. The third kappa shape index (κ3) is 2.79. The van der Waals surface area contributed by atoms with Gasteiger partial charge in [0, 0.05) is 6.54 Å². The van der Waals surface area contributed by atoms with Gasteiger partial charge in [0.15, 0.2) is 0 Å². The Bertz CT molecular complexity index is 377. The molecule has 0 saturated heterocycles. The smallest absolute Gasteiger partial charge is 0.306 e. The van der Waals surface area contributed by atoms with Crippen molar-refractivity contribution in [2.45, 2.75) is 13.0 Å². The van der Waals surface area contributed by atoms with Crippen LogP contribution in [0.15, 0.2) is 24.3 Å². The van der Waals surface area contributed by atoms with Crippen molar-refractivity contribution in [3.05, 3.63) is 35.6 Å². The SMILES string of the molecule is O=C(O)C1CC1CNCc1ccc(F)cc1. The number of carboxylic acid groups (broad SMARTS) is 1. The lowest BCUT2D eigenvalue weighted by Crippen LogP contribution is -2.18. The van der Waals surface area contributed by atoms with Crippen molar-refractivity contribution in [2.24, 2.45) is 11.8 Å². The van der Waals surface area contributed by atoms with Crippen LogP contribution in [0.25, 0.3) is 0 Å². The summed E-state index contributed by atoms with van der Waals surface area (Å²) in [5, 5.41) is 11.9. The van der Waals surface area contributed by atoms with E-state index in [0.29, 0.717) is 13.1 Å². The summed E-state index contributed by atoms with van der Waals surface area (Å²) in [7, 11) is 0. The van der Waals surface area contributed by atoms with E-state index in [0.717, 1.165) is 12.0 Å². The van der Waals surface area contributed by atoms with Crippen LogP contribution in [0.2, 0.25) is 0 Å². The lowest BCUT2D eigenvalue weighted by molar-refractivity contribution is -0.138. The summed E-state index contributed by atoms with van der Waals surface area (Å²) in [5.41, 5.74) is 1.01. The number of carboxylic acids is 1. The summed E-state index contributed by atoms with van der Waals surface area (Å²) in [4.78, 5) is 10.6. The second kappa shape index (κ2) is 4.61. The predicted molar refractivity (Wildman–Crippen MR) is 57.3 cm³/mol. The standard InChI is InChI=1S/C12H14FNO2/c13-10-3-1-8(2-4-10)6-14-7-9-5-11(9)12(15)16/h1-4,9,11,14H,5-7H2,(H,15,16). The Balaban J connectivity index is 1.69. The summed E-state index contributed by atoms with van der Waals surface area (Å²) < 4.78 is 12.6. The van der Waals surface area contributed by atoms with E-state index in [4.69, 9.17) is 5.11 Å². The molecule has 0 amide bonds. The van der Waals surface area contributed by atoms with Gasteiger partial charge in [0.1, 0.15) is 5.82 Å². The predicted octanol–water partition coefficient (Wildman–Crippen LogP) is 1.64. The molecule has 2 N–H and O–H groups in total. The summed E-state index contributed by atoms with van der Waals surface area (Å²) >= 11 is 0. The second-order valence-corrected chi connectivity index (χ2v) is 4.20. The molecule has 1 fully saturated rings. The minimum Gasteiger partial charge on any atom is -0.481 e. The van der Waals surface area contributed by atoms with Crippen LogP contribution in [-0.4, -0.2) is 17.6 Å². The second-order valence-electron chi connectivity index (χ2n) is 4.20. The van der Waals surface area contributed by atoms with Gasteiger partial charge in [-0.05, 0) is 36.6 Å². The highest BCUT2D eigenvalue weighted by atomic mass is 19.1. The number of rotatable bonds is 5. The summed E-state index contributed by atoms with van der Waals surface area (Å²) in [6, 6.07) is 6.30. The van der Waals surface area contributed by atoms with Crippen molar-refractivity contribution in [1.82, 2.24) is 5.32 Å². The number of halogens is 1. The summed E-state index contributed by atoms with van der Waals surface area (Å²) in [5.74, 6) is -0.843. The Labute approximate surface area is 93.3 Å². The fraction of sp³-hybridized carbons (Fsp3) is 0.417. The first-order chi connectivity index (χ1) is 7.66. The molecular weight excluding hydrogens is 209 g/mol. The van der Waals surface area contributed by atoms with Crippen molar-refractivity contribution >= 4 is 5.97 Å². The summed E-state index contributed by atoms with van der Waals surface area (Å²) in [6.45, 7) is 1.37. The van der Waals surface area contributed by atoms with Gasteiger partial charge < -0.3 is 10.4 Å². The molecule has 1 aromatic carbocycles. The average Bonchev–Trinajstić information content (AvgIpc) is 3.01. The van der Waals surface area contributed by atoms with Gasteiger partial charge in [-0.3, -0.25) is 4.79 Å². The molecule has 2 unspecified atom stereocenters. The van der Waals surface area contributed by atoms with Crippen molar-refractivity contribution in [1.29, 1.82) is 0 Å². The van der Waals surface area contributed by atoms with E-state index >= 15 is 0 Å². The third-order valence-electron chi connectivity index (χ3n) is 2.89. The minimum atomic E-state index is -0.700. The van der Waals surface area contributed by atoms with Crippen LogP contribution in [0.5, 0.6) is 0 Å². The largest absolute Gasteiger partial charge is 0.481 e. The van der Waals surface area contributed by atoms with Crippen LogP contribution in [0.3, 0.4) is 0 Å². The number of aliphatic carboxylic acids is 1. The molecule has 0 aliphatic heterocycles. The van der Waals surface area contributed by atoms with Gasteiger partial charge >= 0.3 is 5.97 Å². The molecule has 1 aliphatic rings. The van der Waals surface area contributed by atoms with E-state index in [2.05, 4.69) is 5.32 Å². The highest BCUT2D eigenvalue weighted by molar-refractivity contribution is 5.73. The number of nitrogens with one attached hydrogen (secondary N) is 1. The molecule has 0 spiro atoms. The number of hydrogen-bond donors (Lipinski definition) is 2. The van der Waals surface area contributed by atoms with E-state index in [-0.39, 0.29) is 17.7 Å². The lowest BCUT2D eigenvalue weighted by atomic mass is 10.2. The van der Waals surface area contributed by atoms with Gasteiger partial charge in [0.25, 0.3) is 0 Å². The van der Waals surface area contributed by atoms with Gasteiger partial charge in [-0.25, -0.2) is 4.39 Å². The topological polar surface area (TPSA) is 49.3 Å². The van der Waals surface area contributed by atoms with Crippen molar-refractivity contribution in [3.8, 4) is 0 Å². The van der Waals surface area contributed by atoms with Crippen LogP contribution in [-0.2, 0) is 11.3 Å². The molecule has 3 nitrogen and oxygen atoms in total. The maximum absolute atomic E-state index is 12.6. The fourth-order valence-electron chi connectivity index (χ4n) is 1.78. The molecule has 0 heterocycles. The van der Waals surface area contributed by atoms with E-state index in [1.807, 2.05) is 0 Å². The normalized spacial score (nSPS) is 23.1. The molecule has 86 valence electrons. The van der Waals surface area contributed by atoms with E-state index < -0.39 is 5.97 Å². The highest BCUT2D eigenvalue weighted by Gasteiger charge is 2.42. The van der Waals surface area contributed by atoms with Crippen LogP contribution in [0.1, 0.15) is 12.0 Å². The summed E-state index contributed by atoms with van der Waals surface area (Å²) in [6.07, 6.45) is 0.770. The van der Waals surface area contributed by atoms with Crippen LogP contribution in [0.4, 0.5) is 4.39 Å². The van der Waals surface area contributed by atoms with Crippen LogP contribution >= 0.6 is 0 Å². The van der Waals surface area contributed by atoms with Gasteiger partial charge in [-0.1, -0.05) is 12.1 Å². The zero-order valence-corrected chi connectivity index (χ0v) is 8.82. The molecule has 0 radical (unpaired) electrons. The molecule has 2 atom stereocenters. The zero-order valence-electron chi connectivity index (χ0n) is 8.82. The average molecular weight is 223 g/mol. The molecule has 0 aromatic heterocycles. The van der Waals surface area contributed by atoms with Gasteiger partial charge in [-0.15, -0.1) is 0 Å². The first-order valence-electron chi connectivity index (χ1n) is 5.35. The first-order valence-corrected chi connectivity index (χ1v) is 5.35. The molecule has 2 rings (SSSR count). The first kappa shape index (κ1) is 11.1. The molecule has 1 aromatic rings. The van der Waals surface area contributed by atoms with E-state index in [1.54, 1.807) is 12.1 Å². The van der Waals surface area contributed by atoms with E-state index in [9.17, 15) is 9.18 Å². The monoisotopic (exact) mass is 223 g/mol. The van der Waals surface area contributed by atoms with Crippen molar-refractivity contribution < 1.29 is 14.3 Å². The fourth-order valence-corrected chi connectivity index (χ4v) is 1.78. The molecule has 1 aliphatic carbocycles. The minimum absolute atomic E-state index is 0.166. The molecular formula is C12H14FNO2. The molecule has 4 heteroatoms. The van der Waals surface area contributed by atoms with Crippen molar-refractivity contribution in [2.75, 3.05) is 6.54 Å². The number of carbonyl (C=O) groups is 1. The Morgan fingerprint density at radius 3 is 2.69 bits per heavy atom. The highest BCUT2D eigenvalue weighted by Crippen LogP contribution is 2.37.